The molecule has 2 atom stereocenters. The molecule has 2 unspecified atom stereocenters. The molecule has 5 heterocycles. The quantitative estimate of drug-likeness (QED) is 0.674. The number of rotatable bonds is 4. The van der Waals surface area contributed by atoms with Crippen LogP contribution in [0.15, 0.2) is 49.1 Å². The van der Waals surface area contributed by atoms with Crippen molar-refractivity contribution < 1.29 is 9.53 Å². The molecule has 2 fully saturated rings. The van der Waals surface area contributed by atoms with E-state index >= 15 is 0 Å². The predicted molar refractivity (Wildman–Crippen MR) is 107 cm³/mol. The van der Waals surface area contributed by atoms with Crippen LogP contribution >= 0.6 is 11.3 Å². The summed E-state index contributed by atoms with van der Waals surface area (Å²) in [5.41, 5.74) is 0.812. The summed E-state index contributed by atoms with van der Waals surface area (Å²) in [7, 11) is 0. The number of hydrogen-bond acceptors (Lipinski definition) is 5. The molecule has 2 aliphatic heterocycles. The van der Waals surface area contributed by atoms with Crippen molar-refractivity contribution in [3.05, 3.63) is 59.6 Å². The summed E-state index contributed by atoms with van der Waals surface area (Å²) in [6.45, 7) is 1.93. The highest BCUT2D eigenvalue weighted by molar-refractivity contribution is 7.16. The normalized spacial score (nSPS) is 23.8. The fourth-order valence-electron chi connectivity index (χ4n) is 4.43. The van der Waals surface area contributed by atoms with E-state index in [9.17, 15) is 4.79 Å². The summed E-state index contributed by atoms with van der Waals surface area (Å²) in [5, 5.41) is 0.841. The molecular weight excluding hydrogens is 372 g/mol. The number of fused-ring (bicyclic) bond motifs is 2. The molecule has 1 amide bonds. The van der Waals surface area contributed by atoms with Gasteiger partial charge in [0.15, 0.2) is 5.13 Å². The molecule has 0 spiro atoms. The van der Waals surface area contributed by atoms with Gasteiger partial charge in [0.25, 0.3) is 5.91 Å². The summed E-state index contributed by atoms with van der Waals surface area (Å²) in [6.07, 6.45) is 11.4. The van der Waals surface area contributed by atoms with E-state index in [4.69, 9.17) is 4.74 Å². The van der Waals surface area contributed by atoms with E-state index in [2.05, 4.69) is 14.9 Å². The Morgan fingerprint density at radius 3 is 2.61 bits per heavy atom. The van der Waals surface area contributed by atoms with Crippen molar-refractivity contribution in [1.82, 2.24) is 19.4 Å². The molecule has 6 nitrogen and oxygen atoms in total. The molecule has 0 aromatic carbocycles. The minimum Gasteiger partial charge on any atom is -0.489 e. The molecule has 2 saturated heterocycles. The molecule has 3 aromatic rings. The molecule has 144 valence electrons. The minimum atomic E-state index is 0.126. The Morgan fingerprint density at radius 2 is 1.93 bits per heavy atom. The zero-order valence-corrected chi connectivity index (χ0v) is 16.5. The van der Waals surface area contributed by atoms with Crippen molar-refractivity contribution >= 4 is 17.2 Å². The topological polar surface area (TPSA) is 60.2 Å². The number of nitrogens with zero attached hydrogens (tertiary/aromatic N) is 4. The lowest BCUT2D eigenvalue weighted by Gasteiger charge is -2.38. The van der Waals surface area contributed by atoms with Crippen molar-refractivity contribution in [3.63, 3.8) is 0 Å². The molecular formula is C21H22N4O2S. The Morgan fingerprint density at radius 1 is 1.18 bits per heavy atom. The first-order valence-corrected chi connectivity index (χ1v) is 10.5. The van der Waals surface area contributed by atoms with Crippen LogP contribution in [0.5, 0.6) is 5.75 Å². The number of aromatic nitrogens is 3. The number of piperidine rings is 1. The lowest BCUT2D eigenvalue weighted by molar-refractivity contribution is 0.0361. The standard InChI is InChI=1S/C21H22N4O2S/c1-14-19(28-21(23-14)24-9-2-3-10-24)20(26)25-15-6-7-16(25)12-18(11-15)27-17-5-4-8-22-13-17/h2-5,8-10,13,15-16,18H,6-7,11-12H2,1H3. The van der Waals surface area contributed by atoms with Gasteiger partial charge in [-0.15, -0.1) is 0 Å². The number of pyridine rings is 1. The number of carbonyl (C=O) groups is 1. The van der Waals surface area contributed by atoms with E-state index in [1.54, 1.807) is 12.4 Å². The van der Waals surface area contributed by atoms with Gasteiger partial charge in [0.1, 0.15) is 16.7 Å². The number of ether oxygens (including phenoxy) is 1. The average molecular weight is 395 g/mol. The Balaban J connectivity index is 1.33. The number of amides is 1. The fourth-order valence-corrected chi connectivity index (χ4v) is 5.41. The highest BCUT2D eigenvalue weighted by Gasteiger charge is 2.45. The van der Waals surface area contributed by atoms with Crippen LogP contribution in [0.1, 0.15) is 41.0 Å². The Labute approximate surface area is 167 Å². The van der Waals surface area contributed by atoms with Gasteiger partial charge >= 0.3 is 0 Å². The van der Waals surface area contributed by atoms with E-state index in [0.29, 0.717) is 0 Å². The average Bonchev–Trinajstić information content (AvgIpc) is 3.41. The predicted octanol–water partition coefficient (Wildman–Crippen LogP) is 3.85. The van der Waals surface area contributed by atoms with Crippen LogP contribution in [0.2, 0.25) is 0 Å². The molecule has 0 radical (unpaired) electrons. The van der Waals surface area contributed by atoms with Crippen LogP contribution in [-0.4, -0.2) is 43.5 Å². The second-order valence-electron chi connectivity index (χ2n) is 7.50. The van der Waals surface area contributed by atoms with Gasteiger partial charge < -0.3 is 14.2 Å². The highest BCUT2D eigenvalue weighted by atomic mass is 32.1. The number of thiazole rings is 1. The number of carbonyl (C=O) groups excluding carboxylic acids is 1. The first kappa shape index (κ1) is 17.4. The molecule has 5 rings (SSSR count). The van der Waals surface area contributed by atoms with Crippen molar-refractivity contribution in [2.24, 2.45) is 0 Å². The second kappa shape index (κ2) is 7.05. The van der Waals surface area contributed by atoms with Crippen LogP contribution in [-0.2, 0) is 0 Å². The van der Waals surface area contributed by atoms with Gasteiger partial charge in [0, 0.05) is 43.5 Å². The maximum atomic E-state index is 13.4. The molecule has 0 aliphatic carbocycles. The summed E-state index contributed by atoms with van der Waals surface area (Å²) in [6, 6.07) is 8.23. The Hall–Kier alpha value is -2.67. The van der Waals surface area contributed by atoms with Crippen molar-refractivity contribution in [3.8, 4) is 10.9 Å². The lowest BCUT2D eigenvalue weighted by atomic mass is 9.99. The largest absolute Gasteiger partial charge is 0.489 e. The smallest absolute Gasteiger partial charge is 0.266 e. The van der Waals surface area contributed by atoms with Crippen molar-refractivity contribution in [2.45, 2.75) is 50.8 Å². The maximum Gasteiger partial charge on any atom is 0.266 e. The lowest BCUT2D eigenvalue weighted by Crippen LogP contribution is -2.49. The first-order valence-electron chi connectivity index (χ1n) is 9.69. The van der Waals surface area contributed by atoms with Crippen LogP contribution in [0.25, 0.3) is 5.13 Å². The molecule has 28 heavy (non-hydrogen) atoms. The zero-order valence-electron chi connectivity index (χ0n) is 15.7. The zero-order chi connectivity index (χ0) is 19.1. The van der Waals surface area contributed by atoms with Gasteiger partial charge in [-0.3, -0.25) is 9.78 Å². The van der Waals surface area contributed by atoms with E-state index in [1.807, 2.05) is 48.1 Å². The van der Waals surface area contributed by atoms with Gasteiger partial charge in [-0.25, -0.2) is 4.98 Å². The molecule has 0 saturated carbocycles. The van der Waals surface area contributed by atoms with Crippen LogP contribution in [0.3, 0.4) is 0 Å². The Bertz CT molecular complexity index is 956. The first-order chi connectivity index (χ1) is 13.7. The Kier molecular flexibility index (Phi) is 4.39. The molecule has 2 bridgehead atoms. The van der Waals surface area contributed by atoms with Gasteiger partial charge in [-0.2, -0.15) is 0 Å². The molecule has 7 heteroatoms. The number of aryl methyl sites for hydroxylation is 1. The van der Waals surface area contributed by atoms with Crippen molar-refractivity contribution in [1.29, 1.82) is 0 Å². The van der Waals surface area contributed by atoms with Crippen molar-refractivity contribution in [2.75, 3.05) is 0 Å². The van der Waals surface area contributed by atoms with Crippen LogP contribution in [0.4, 0.5) is 0 Å². The molecule has 2 aliphatic rings. The third kappa shape index (κ3) is 3.09. The van der Waals surface area contributed by atoms with E-state index in [1.165, 1.54) is 11.3 Å². The maximum absolute atomic E-state index is 13.4. The summed E-state index contributed by atoms with van der Waals surface area (Å²) >= 11 is 1.48. The third-order valence-corrected chi connectivity index (χ3v) is 6.83. The fraction of sp³-hybridized carbons (Fsp3) is 0.381. The van der Waals surface area contributed by atoms with Gasteiger partial charge in [0.2, 0.25) is 0 Å². The van der Waals surface area contributed by atoms with E-state index in [-0.39, 0.29) is 24.1 Å². The van der Waals surface area contributed by atoms with Crippen LogP contribution < -0.4 is 4.74 Å². The van der Waals surface area contributed by atoms with E-state index < -0.39 is 0 Å². The highest BCUT2D eigenvalue weighted by Crippen LogP contribution is 2.39. The van der Waals surface area contributed by atoms with Gasteiger partial charge in [0.05, 0.1) is 11.9 Å². The molecule has 3 aromatic heterocycles. The number of hydrogen-bond donors (Lipinski definition) is 0. The summed E-state index contributed by atoms with van der Waals surface area (Å²) in [4.78, 5) is 25.0. The monoisotopic (exact) mass is 394 g/mol. The molecule has 0 N–H and O–H groups in total. The summed E-state index contributed by atoms with van der Waals surface area (Å²) in [5.74, 6) is 0.932. The SMILES string of the molecule is Cc1nc(-n2cccc2)sc1C(=O)N1C2CCC1CC(Oc1cccnc1)C2. The third-order valence-electron chi connectivity index (χ3n) is 5.67. The second-order valence-corrected chi connectivity index (χ2v) is 8.48. The van der Waals surface area contributed by atoms with E-state index in [0.717, 1.165) is 47.1 Å². The summed E-state index contributed by atoms with van der Waals surface area (Å²) < 4.78 is 8.09. The van der Waals surface area contributed by atoms with Gasteiger partial charge in [-0.1, -0.05) is 11.3 Å². The minimum absolute atomic E-state index is 0.126. The van der Waals surface area contributed by atoms with Gasteiger partial charge in [-0.05, 0) is 44.0 Å². The van der Waals surface area contributed by atoms with Crippen LogP contribution in [0, 0.1) is 6.92 Å².